The molecule has 1 amide bonds. The number of carbonyl (C=O) groups excluding carboxylic acids is 1. The number of rotatable bonds is 5. The van der Waals surface area contributed by atoms with E-state index in [-0.39, 0.29) is 34.1 Å². The van der Waals surface area contributed by atoms with Gasteiger partial charge in [-0.05, 0) is 56.5 Å². The fourth-order valence-electron chi connectivity index (χ4n) is 4.71. The minimum atomic E-state index is -3.67. The average Bonchev–Trinajstić information content (AvgIpc) is 2.72. The first kappa shape index (κ1) is 24.0. The number of fused-ring (bicyclic) bond motifs is 2. The summed E-state index contributed by atoms with van der Waals surface area (Å²) in [5.41, 5.74) is 4.94. The van der Waals surface area contributed by atoms with Gasteiger partial charge in [-0.2, -0.15) is 8.78 Å². The van der Waals surface area contributed by atoms with E-state index in [0.29, 0.717) is 19.3 Å². The van der Waals surface area contributed by atoms with Crippen LogP contribution in [0.5, 0.6) is 5.75 Å². The number of ether oxygens (including phenoxy) is 1. The van der Waals surface area contributed by atoms with Gasteiger partial charge in [0.15, 0.2) is 9.84 Å². The van der Waals surface area contributed by atoms with Crippen LogP contribution < -0.4 is 15.8 Å². The Hall–Kier alpha value is -3.15. The van der Waals surface area contributed by atoms with Gasteiger partial charge in [0.05, 0.1) is 11.4 Å². The van der Waals surface area contributed by atoms with E-state index in [1.54, 1.807) is 0 Å². The van der Waals surface area contributed by atoms with Gasteiger partial charge in [0.2, 0.25) is 0 Å². The first-order valence-corrected chi connectivity index (χ1v) is 12.1. The zero-order valence-corrected chi connectivity index (χ0v) is 19.2. The Kier molecular flexibility index (Phi) is 6.05. The Balaban J connectivity index is 1.66. The highest BCUT2D eigenvalue weighted by molar-refractivity contribution is 7.93. The molecule has 1 aromatic carbocycles. The van der Waals surface area contributed by atoms with Crippen LogP contribution in [0.2, 0.25) is 0 Å². The van der Waals surface area contributed by atoms with Crippen molar-refractivity contribution in [2.75, 3.05) is 5.32 Å². The lowest BCUT2D eigenvalue weighted by Gasteiger charge is -2.44. The number of amidine groups is 1. The van der Waals surface area contributed by atoms with E-state index >= 15 is 0 Å². The molecule has 8 nitrogen and oxygen atoms in total. The van der Waals surface area contributed by atoms with Gasteiger partial charge in [-0.3, -0.25) is 9.79 Å². The maximum absolute atomic E-state index is 15.0. The van der Waals surface area contributed by atoms with E-state index in [2.05, 4.69) is 20.0 Å². The molecule has 182 valence electrons. The number of benzene rings is 1. The molecule has 0 saturated carbocycles. The molecule has 3 N–H and O–H groups in total. The van der Waals surface area contributed by atoms with E-state index in [4.69, 9.17) is 5.73 Å². The maximum Gasteiger partial charge on any atom is 0.387 e. The Labute approximate surface area is 194 Å². The van der Waals surface area contributed by atoms with Crippen LogP contribution in [-0.2, 0) is 15.4 Å². The third-order valence-corrected chi connectivity index (χ3v) is 9.07. The van der Waals surface area contributed by atoms with Crippen molar-refractivity contribution in [1.29, 1.82) is 0 Å². The van der Waals surface area contributed by atoms with E-state index < -0.39 is 44.2 Å². The summed E-state index contributed by atoms with van der Waals surface area (Å²) in [6.07, 6.45) is 2.32. The first-order chi connectivity index (χ1) is 15.9. The molecular formula is C22H23F3N4O4S. The molecule has 2 aromatic rings. The summed E-state index contributed by atoms with van der Waals surface area (Å²) in [5.74, 6) is -1.58. The predicted molar refractivity (Wildman–Crippen MR) is 119 cm³/mol. The monoisotopic (exact) mass is 496 g/mol. The van der Waals surface area contributed by atoms with Crippen molar-refractivity contribution in [1.82, 2.24) is 4.98 Å². The number of carbonyl (C=O) groups is 1. The number of nitrogens with one attached hydrogen (secondary N) is 1. The normalized spacial score (nSPS) is 25.5. The van der Waals surface area contributed by atoms with Crippen LogP contribution in [0.1, 0.15) is 47.8 Å². The molecule has 2 bridgehead atoms. The van der Waals surface area contributed by atoms with Crippen molar-refractivity contribution in [3.05, 3.63) is 53.1 Å². The van der Waals surface area contributed by atoms with Gasteiger partial charge in [-0.15, -0.1) is 0 Å². The molecule has 0 unspecified atom stereocenters. The minimum absolute atomic E-state index is 0.00691. The lowest BCUT2D eigenvalue weighted by atomic mass is 9.84. The molecule has 3 heterocycles. The minimum Gasteiger partial charge on any atom is -0.433 e. The van der Waals surface area contributed by atoms with Gasteiger partial charge in [0, 0.05) is 11.3 Å². The zero-order valence-electron chi connectivity index (χ0n) is 18.4. The van der Waals surface area contributed by atoms with Gasteiger partial charge in [-0.25, -0.2) is 17.8 Å². The van der Waals surface area contributed by atoms with E-state index in [0.717, 1.165) is 12.3 Å². The number of halogens is 3. The van der Waals surface area contributed by atoms with Crippen LogP contribution in [-0.4, -0.2) is 42.3 Å². The maximum atomic E-state index is 15.0. The summed E-state index contributed by atoms with van der Waals surface area (Å²) >= 11 is 0. The van der Waals surface area contributed by atoms with Gasteiger partial charge in [0.1, 0.15) is 33.9 Å². The molecule has 2 aliphatic rings. The van der Waals surface area contributed by atoms with Crippen molar-refractivity contribution >= 4 is 27.3 Å². The van der Waals surface area contributed by atoms with E-state index in [9.17, 15) is 26.4 Å². The van der Waals surface area contributed by atoms with Crippen molar-refractivity contribution in [2.45, 2.75) is 55.8 Å². The molecule has 1 aromatic heterocycles. The molecule has 2 aliphatic heterocycles. The van der Waals surface area contributed by atoms with Crippen LogP contribution in [0.3, 0.4) is 0 Å². The lowest BCUT2D eigenvalue weighted by molar-refractivity contribution is -0.0501. The fourth-order valence-corrected chi connectivity index (χ4v) is 7.31. The summed E-state index contributed by atoms with van der Waals surface area (Å²) in [5, 5.41) is 0.774. The van der Waals surface area contributed by atoms with Gasteiger partial charge >= 0.3 is 6.61 Å². The second kappa shape index (κ2) is 8.57. The second-order valence-electron chi connectivity index (χ2n) is 8.55. The standard InChI is InChI=1S/C22H23F3N4O4S/c1-11-8-13(33-21(24)25)10-27-18(11)20(30)28-12-6-7-15(23)14(9-12)22(2)17-5-3-4-16(19(26)29-22)34(17,31)32/h6-10,16-17,21H,3-5H2,1-2H3,(H2,26,29)(H,28,30)/t16-,17+,22+/m0/s1. The smallest absolute Gasteiger partial charge is 0.387 e. The summed E-state index contributed by atoms with van der Waals surface area (Å²) in [6.45, 7) is 0.00194. The molecule has 12 heteroatoms. The van der Waals surface area contributed by atoms with Crippen molar-refractivity contribution in [3.8, 4) is 5.75 Å². The molecule has 1 fully saturated rings. The molecular weight excluding hydrogens is 473 g/mol. The summed E-state index contributed by atoms with van der Waals surface area (Å²) in [6, 6.07) is 5.01. The number of aliphatic imine (C=N–C) groups is 1. The number of alkyl halides is 2. The summed E-state index contributed by atoms with van der Waals surface area (Å²) in [7, 11) is -3.67. The second-order valence-corrected chi connectivity index (χ2v) is 10.9. The van der Waals surface area contributed by atoms with Crippen LogP contribution in [0.15, 0.2) is 35.5 Å². The number of amides is 1. The number of pyridine rings is 1. The Morgan fingerprint density at radius 1 is 1.29 bits per heavy atom. The molecule has 0 spiro atoms. The number of aryl methyl sites for hydroxylation is 1. The number of anilines is 1. The molecule has 3 atom stereocenters. The highest BCUT2D eigenvalue weighted by Gasteiger charge is 2.54. The van der Waals surface area contributed by atoms with E-state index in [1.165, 1.54) is 32.0 Å². The van der Waals surface area contributed by atoms with Crippen LogP contribution >= 0.6 is 0 Å². The summed E-state index contributed by atoms with van der Waals surface area (Å²) in [4.78, 5) is 21.1. The first-order valence-electron chi connectivity index (χ1n) is 10.5. The Bertz CT molecular complexity index is 1280. The van der Waals surface area contributed by atoms with Crippen LogP contribution in [0.25, 0.3) is 0 Å². The average molecular weight is 497 g/mol. The van der Waals surface area contributed by atoms with E-state index in [1.807, 2.05) is 0 Å². The quantitative estimate of drug-likeness (QED) is 0.655. The number of sulfone groups is 1. The third-order valence-electron chi connectivity index (χ3n) is 6.31. The number of nitrogens with zero attached hydrogens (tertiary/aromatic N) is 2. The lowest BCUT2D eigenvalue weighted by Crippen LogP contribution is -2.57. The van der Waals surface area contributed by atoms with Gasteiger partial charge in [0.25, 0.3) is 5.91 Å². The van der Waals surface area contributed by atoms with Gasteiger partial charge < -0.3 is 15.8 Å². The van der Waals surface area contributed by atoms with Crippen molar-refractivity contribution in [2.24, 2.45) is 10.7 Å². The number of hydrogen-bond donors (Lipinski definition) is 2. The largest absolute Gasteiger partial charge is 0.433 e. The topological polar surface area (TPSA) is 124 Å². The van der Waals surface area contributed by atoms with Crippen LogP contribution in [0, 0.1) is 12.7 Å². The molecule has 1 saturated heterocycles. The SMILES string of the molecule is Cc1cc(OC(F)F)cnc1C(=O)Nc1ccc(F)c([C@@]2(C)N=C(N)[C@@H]3CCC[C@H]2S3(=O)=O)c1. The Morgan fingerprint density at radius 3 is 2.71 bits per heavy atom. The van der Waals surface area contributed by atoms with Crippen molar-refractivity contribution < 1.29 is 31.1 Å². The number of nitrogens with two attached hydrogens (primary N) is 1. The molecule has 0 radical (unpaired) electrons. The van der Waals surface area contributed by atoms with Crippen LogP contribution in [0.4, 0.5) is 18.9 Å². The number of hydrogen-bond acceptors (Lipinski definition) is 7. The highest BCUT2D eigenvalue weighted by Crippen LogP contribution is 2.45. The fraction of sp³-hybridized carbons (Fsp3) is 0.409. The zero-order chi connectivity index (χ0) is 24.8. The summed E-state index contributed by atoms with van der Waals surface area (Å²) < 4.78 is 70.2. The molecule has 34 heavy (non-hydrogen) atoms. The Morgan fingerprint density at radius 2 is 2.03 bits per heavy atom. The van der Waals surface area contributed by atoms with Crippen molar-refractivity contribution in [3.63, 3.8) is 0 Å². The highest BCUT2D eigenvalue weighted by atomic mass is 32.2. The molecule has 0 aliphatic carbocycles. The third kappa shape index (κ3) is 4.10. The van der Waals surface area contributed by atoms with Gasteiger partial charge in [-0.1, -0.05) is 6.42 Å². The number of aromatic nitrogens is 1. The molecule has 4 rings (SSSR count). The predicted octanol–water partition coefficient (Wildman–Crippen LogP) is 3.30.